The van der Waals surface area contributed by atoms with Crippen molar-refractivity contribution in [2.75, 3.05) is 0 Å². The first-order valence-corrected chi connectivity index (χ1v) is 4.41. The summed E-state index contributed by atoms with van der Waals surface area (Å²) in [4.78, 5) is 0. The molecule has 0 unspecified atom stereocenters. The molecule has 0 heterocycles. The molecule has 0 bridgehead atoms. The third-order valence-electron chi connectivity index (χ3n) is 1.44. The average molecular weight is 186 g/mol. The Morgan fingerprint density at radius 3 is 2.31 bits per heavy atom. The molecule has 0 nitrogen and oxygen atoms in total. The van der Waals surface area contributed by atoms with E-state index in [2.05, 4.69) is 0 Å². The maximum atomic E-state index is 12.8. The Morgan fingerprint density at radius 1 is 1.23 bits per heavy atom. The lowest BCUT2D eigenvalue weighted by atomic mass is 10.1. The van der Waals surface area contributed by atoms with E-state index in [1.165, 1.54) is 19.1 Å². The van der Waals surface area contributed by atoms with Gasteiger partial charge in [0.15, 0.2) is 0 Å². The fourth-order valence-electron chi connectivity index (χ4n) is 0.716. The van der Waals surface area contributed by atoms with Gasteiger partial charge in [0.05, 0.1) is 0 Å². The lowest BCUT2D eigenvalue weighted by Gasteiger charge is -1.95. The maximum Gasteiger partial charge on any atom is 0.125 e. The normalized spacial score (nSPS) is 14.6. The number of hydrogen-bond acceptors (Lipinski definition) is 0. The van der Waals surface area contributed by atoms with Crippen molar-refractivity contribution in [1.82, 2.24) is 0 Å². The first-order valence-electron chi connectivity index (χ1n) is 4.41. The quantitative estimate of drug-likeness (QED) is 0.574. The molecule has 74 valence electrons. The summed E-state index contributed by atoms with van der Waals surface area (Å²) in [5.74, 6) is -0.599. The van der Waals surface area contributed by atoms with Crippen LogP contribution < -0.4 is 0 Å². The van der Waals surface area contributed by atoms with Gasteiger partial charge in [-0.25, -0.2) is 8.78 Å². The Balaban J connectivity index is 4.06. The van der Waals surface area contributed by atoms with Gasteiger partial charge >= 0.3 is 0 Å². The van der Waals surface area contributed by atoms with Crippen LogP contribution in [-0.4, -0.2) is 0 Å². The second-order valence-electron chi connectivity index (χ2n) is 3.23. The van der Waals surface area contributed by atoms with E-state index in [9.17, 15) is 8.78 Å². The molecule has 0 atom stereocenters. The highest BCUT2D eigenvalue weighted by atomic mass is 19.1. The first kappa shape index (κ1) is 12.1. The van der Waals surface area contributed by atoms with E-state index in [1.807, 2.05) is 13.8 Å². The van der Waals surface area contributed by atoms with E-state index >= 15 is 0 Å². The third-order valence-corrected chi connectivity index (χ3v) is 1.44. The van der Waals surface area contributed by atoms with Crippen molar-refractivity contribution in [3.8, 4) is 0 Å². The van der Waals surface area contributed by atoms with Gasteiger partial charge in [-0.2, -0.15) is 0 Å². The molecule has 0 fully saturated rings. The minimum atomic E-state index is -0.549. The van der Waals surface area contributed by atoms with Crippen LogP contribution in [0.15, 0.2) is 36.0 Å². The second kappa shape index (κ2) is 6.58. The molecular weight excluding hydrogens is 170 g/mol. The van der Waals surface area contributed by atoms with E-state index in [0.29, 0.717) is 5.92 Å². The van der Waals surface area contributed by atoms with Crippen LogP contribution >= 0.6 is 0 Å². The smallest absolute Gasteiger partial charge is 0.125 e. The summed E-state index contributed by atoms with van der Waals surface area (Å²) in [7, 11) is 0. The van der Waals surface area contributed by atoms with Gasteiger partial charge in [0.1, 0.15) is 11.7 Å². The standard InChI is InChI=1S/C11H16F2/c1-4-10(12)8-11(13)7-5-6-9(2)3/h4-5,7-9H,6H2,1-3H3/b7-5-,10-4+,11-8+. The van der Waals surface area contributed by atoms with Crippen molar-refractivity contribution < 1.29 is 8.78 Å². The number of hydrogen-bond donors (Lipinski definition) is 0. The topological polar surface area (TPSA) is 0 Å². The van der Waals surface area contributed by atoms with Crippen molar-refractivity contribution in [1.29, 1.82) is 0 Å². The molecular formula is C11H16F2. The summed E-state index contributed by atoms with van der Waals surface area (Å²) in [5.41, 5.74) is 0. The fourth-order valence-corrected chi connectivity index (χ4v) is 0.716. The lowest BCUT2D eigenvalue weighted by molar-refractivity contribution is 0.626. The molecule has 13 heavy (non-hydrogen) atoms. The van der Waals surface area contributed by atoms with Crippen molar-refractivity contribution in [2.45, 2.75) is 27.2 Å². The Kier molecular flexibility index (Phi) is 6.11. The van der Waals surface area contributed by atoms with Crippen molar-refractivity contribution in [2.24, 2.45) is 5.92 Å². The zero-order valence-corrected chi connectivity index (χ0v) is 8.35. The molecule has 0 rings (SSSR count). The second-order valence-corrected chi connectivity index (χ2v) is 3.23. The summed E-state index contributed by atoms with van der Waals surface area (Å²) < 4.78 is 25.3. The zero-order chi connectivity index (χ0) is 10.3. The van der Waals surface area contributed by atoms with E-state index in [-0.39, 0.29) is 0 Å². The number of rotatable bonds is 4. The lowest BCUT2D eigenvalue weighted by Crippen LogP contribution is -1.81. The van der Waals surface area contributed by atoms with Crippen LogP contribution in [0.1, 0.15) is 27.2 Å². The predicted octanol–water partition coefficient (Wildman–Crippen LogP) is 4.32. The van der Waals surface area contributed by atoms with Gasteiger partial charge in [-0.05, 0) is 25.3 Å². The van der Waals surface area contributed by atoms with Gasteiger partial charge in [0, 0.05) is 6.08 Å². The summed E-state index contributed by atoms with van der Waals surface area (Å²) >= 11 is 0. The molecule has 0 aromatic carbocycles. The van der Waals surface area contributed by atoms with Crippen LogP contribution in [0.5, 0.6) is 0 Å². The summed E-state index contributed by atoms with van der Waals surface area (Å²) in [6.45, 7) is 5.61. The maximum absolute atomic E-state index is 12.8. The van der Waals surface area contributed by atoms with Crippen molar-refractivity contribution >= 4 is 0 Å². The summed E-state index contributed by atoms with van der Waals surface area (Å²) in [6, 6.07) is 0. The van der Waals surface area contributed by atoms with Gasteiger partial charge in [0.2, 0.25) is 0 Å². The molecule has 0 radical (unpaired) electrons. The molecule has 0 N–H and O–H groups in total. The van der Waals surface area contributed by atoms with Gasteiger partial charge in [-0.15, -0.1) is 0 Å². The molecule has 0 aliphatic carbocycles. The first-order chi connectivity index (χ1) is 6.06. The monoisotopic (exact) mass is 186 g/mol. The number of halogens is 2. The summed E-state index contributed by atoms with van der Waals surface area (Å²) in [6.07, 6.45) is 5.90. The fraction of sp³-hybridized carbons (Fsp3) is 0.455. The highest BCUT2D eigenvalue weighted by Crippen LogP contribution is 2.08. The summed E-state index contributed by atoms with van der Waals surface area (Å²) in [5, 5.41) is 0. The SMILES string of the molecule is C\C=C(F)/C=C(F)\C=C/CC(C)C. The van der Waals surface area contributed by atoms with E-state index in [0.717, 1.165) is 12.5 Å². The van der Waals surface area contributed by atoms with E-state index in [4.69, 9.17) is 0 Å². The average Bonchev–Trinajstić information content (AvgIpc) is 2.03. The highest BCUT2D eigenvalue weighted by molar-refractivity contribution is 5.21. The molecule has 0 aliphatic heterocycles. The number of allylic oxidation sites excluding steroid dienone is 6. The largest absolute Gasteiger partial charge is 0.207 e. The van der Waals surface area contributed by atoms with E-state index < -0.39 is 11.7 Å². The van der Waals surface area contributed by atoms with Gasteiger partial charge < -0.3 is 0 Å². The Hall–Kier alpha value is -0.920. The van der Waals surface area contributed by atoms with Crippen molar-refractivity contribution in [3.05, 3.63) is 36.0 Å². The van der Waals surface area contributed by atoms with Crippen LogP contribution in [0.3, 0.4) is 0 Å². The van der Waals surface area contributed by atoms with Crippen LogP contribution in [0.2, 0.25) is 0 Å². The van der Waals surface area contributed by atoms with E-state index in [1.54, 1.807) is 6.08 Å². The molecule has 0 aliphatic rings. The molecule has 0 saturated heterocycles. The zero-order valence-electron chi connectivity index (χ0n) is 8.35. The molecule has 0 amide bonds. The van der Waals surface area contributed by atoms with Gasteiger partial charge in [-0.3, -0.25) is 0 Å². The predicted molar refractivity (Wildman–Crippen MR) is 52.7 cm³/mol. The van der Waals surface area contributed by atoms with Gasteiger partial charge in [-0.1, -0.05) is 26.0 Å². The van der Waals surface area contributed by atoms with Crippen LogP contribution in [0.25, 0.3) is 0 Å². The molecule has 0 saturated carbocycles. The molecule has 0 spiro atoms. The molecule has 0 aromatic rings. The minimum absolute atomic E-state index is 0.496. The van der Waals surface area contributed by atoms with Crippen LogP contribution in [0, 0.1) is 5.92 Å². The van der Waals surface area contributed by atoms with Crippen molar-refractivity contribution in [3.63, 3.8) is 0 Å². The molecule has 2 heteroatoms. The Morgan fingerprint density at radius 2 is 1.85 bits per heavy atom. The minimum Gasteiger partial charge on any atom is -0.207 e. The molecule has 0 aromatic heterocycles. The third kappa shape index (κ3) is 7.44. The highest BCUT2D eigenvalue weighted by Gasteiger charge is 1.92. The van der Waals surface area contributed by atoms with Crippen LogP contribution in [0.4, 0.5) is 8.78 Å². The Bertz CT molecular complexity index is 222. The Labute approximate surface area is 78.7 Å². The van der Waals surface area contributed by atoms with Gasteiger partial charge in [0.25, 0.3) is 0 Å². The van der Waals surface area contributed by atoms with Crippen LogP contribution in [-0.2, 0) is 0 Å².